The Morgan fingerprint density at radius 1 is 1.63 bits per heavy atom. The van der Waals surface area contributed by atoms with E-state index >= 15 is 0 Å². The van der Waals surface area contributed by atoms with Crippen LogP contribution < -0.4 is 5.32 Å². The summed E-state index contributed by atoms with van der Waals surface area (Å²) in [5, 5.41) is 8.16. The maximum atomic E-state index is 12.1. The number of aromatic nitrogens is 2. The number of rotatable bonds is 5. The lowest BCUT2D eigenvalue weighted by Crippen LogP contribution is -2.39. The zero-order valence-electron chi connectivity index (χ0n) is 11.4. The highest BCUT2D eigenvalue weighted by Crippen LogP contribution is 2.22. The van der Waals surface area contributed by atoms with Gasteiger partial charge in [0.2, 0.25) is 0 Å². The number of hydrogen-bond donors (Lipinski definition) is 1. The number of aryl methyl sites for hydroxylation is 2. The van der Waals surface area contributed by atoms with Crippen LogP contribution in [0.4, 0.5) is 0 Å². The minimum Gasteiger partial charge on any atom is -0.375 e. The Labute approximate surface area is 118 Å². The first-order valence-electron chi connectivity index (χ1n) is 6.66. The van der Waals surface area contributed by atoms with Gasteiger partial charge in [-0.2, -0.15) is 5.10 Å². The van der Waals surface area contributed by atoms with E-state index in [-0.39, 0.29) is 11.9 Å². The number of ether oxygens (including phenoxy) is 1. The summed E-state index contributed by atoms with van der Waals surface area (Å²) in [7, 11) is 1.83. The van der Waals surface area contributed by atoms with Gasteiger partial charge in [-0.3, -0.25) is 9.48 Å². The molecule has 1 atom stereocenters. The van der Waals surface area contributed by atoms with Crippen LogP contribution in [0.1, 0.15) is 24.7 Å². The zero-order chi connectivity index (χ0) is 13.8. The van der Waals surface area contributed by atoms with Crippen molar-refractivity contribution in [2.24, 2.45) is 7.05 Å². The molecule has 1 aromatic heterocycles. The molecule has 0 amide bonds. The van der Waals surface area contributed by atoms with Gasteiger partial charge < -0.3 is 10.1 Å². The molecule has 1 aliphatic rings. The average molecular weight is 286 g/mol. The number of carbonyl (C=O) groups is 1. The molecular weight excluding hydrogens is 266 g/mol. The predicted molar refractivity (Wildman–Crippen MR) is 73.5 cm³/mol. The van der Waals surface area contributed by atoms with Crippen molar-refractivity contribution < 1.29 is 9.53 Å². The molecule has 1 aromatic rings. The van der Waals surface area contributed by atoms with Gasteiger partial charge in [0.25, 0.3) is 0 Å². The standard InChI is InChI=1S/C13H20ClN3O2/c1-3-11-13(14)12(17(2)16-11)7-9(18)6-10-8-15-4-5-19-10/h10,15H,3-8H2,1-2H3. The maximum absolute atomic E-state index is 12.1. The highest BCUT2D eigenvalue weighted by atomic mass is 35.5. The fourth-order valence-electron chi connectivity index (χ4n) is 2.28. The lowest BCUT2D eigenvalue weighted by Gasteiger charge is -2.22. The molecule has 1 N–H and O–H groups in total. The molecule has 6 heteroatoms. The number of Topliss-reactive ketones (excluding diaryl/α,β-unsaturated/α-hetero) is 1. The number of nitrogens with zero attached hydrogens (tertiary/aromatic N) is 2. The fraction of sp³-hybridized carbons (Fsp3) is 0.692. The third kappa shape index (κ3) is 3.55. The van der Waals surface area contributed by atoms with Crippen molar-refractivity contribution in [3.63, 3.8) is 0 Å². The molecule has 1 fully saturated rings. The van der Waals surface area contributed by atoms with Crippen LogP contribution in [0, 0.1) is 0 Å². The van der Waals surface area contributed by atoms with Crippen molar-refractivity contribution in [2.75, 3.05) is 19.7 Å². The van der Waals surface area contributed by atoms with E-state index in [9.17, 15) is 4.79 Å². The SMILES string of the molecule is CCc1nn(C)c(CC(=O)CC2CNCCO2)c1Cl. The van der Waals surface area contributed by atoms with Gasteiger partial charge in [0, 0.05) is 33.0 Å². The topological polar surface area (TPSA) is 56.2 Å². The minimum atomic E-state index is -0.0149. The quantitative estimate of drug-likeness (QED) is 0.881. The average Bonchev–Trinajstić information content (AvgIpc) is 2.67. The van der Waals surface area contributed by atoms with Crippen molar-refractivity contribution in [3.8, 4) is 0 Å². The first-order chi connectivity index (χ1) is 9.11. The summed E-state index contributed by atoms with van der Waals surface area (Å²) in [6, 6.07) is 0. The summed E-state index contributed by atoms with van der Waals surface area (Å²) in [6.07, 6.45) is 1.51. The molecule has 0 radical (unpaired) electrons. The van der Waals surface area contributed by atoms with Crippen molar-refractivity contribution in [3.05, 3.63) is 16.4 Å². The van der Waals surface area contributed by atoms with Gasteiger partial charge in [0.1, 0.15) is 5.78 Å². The van der Waals surface area contributed by atoms with Crippen LogP contribution >= 0.6 is 11.6 Å². The molecule has 0 saturated carbocycles. The van der Waals surface area contributed by atoms with Crippen LogP contribution in [0.15, 0.2) is 0 Å². The molecule has 2 heterocycles. The molecule has 106 valence electrons. The lowest BCUT2D eigenvalue weighted by molar-refractivity contribution is -0.121. The Kier molecular flexibility index (Phi) is 4.96. The number of nitrogens with one attached hydrogen (secondary N) is 1. The Hall–Kier alpha value is -0.910. The van der Waals surface area contributed by atoms with E-state index in [1.165, 1.54) is 0 Å². The molecule has 1 unspecified atom stereocenters. The lowest BCUT2D eigenvalue weighted by atomic mass is 10.1. The summed E-state index contributed by atoms with van der Waals surface area (Å²) in [5.74, 6) is 0.140. The zero-order valence-corrected chi connectivity index (χ0v) is 12.2. The summed E-state index contributed by atoms with van der Waals surface area (Å²) in [6.45, 7) is 4.27. The van der Waals surface area contributed by atoms with E-state index in [0.717, 1.165) is 30.9 Å². The number of ketones is 1. The Morgan fingerprint density at radius 2 is 2.42 bits per heavy atom. The molecule has 0 bridgehead atoms. The minimum absolute atomic E-state index is 0.0149. The van der Waals surface area contributed by atoms with E-state index in [2.05, 4.69) is 10.4 Å². The van der Waals surface area contributed by atoms with Gasteiger partial charge in [-0.05, 0) is 6.42 Å². The molecular formula is C13H20ClN3O2. The second kappa shape index (κ2) is 6.50. The highest BCUT2D eigenvalue weighted by molar-refractivity contribution is 6.32. The largest absolute Gasteiger partial charge is 0.375 e. The first kappa shape index (κ1) is 14.5. The monoisotopic (exact) mass is 285 g/mol. The Bertz CT molecular complexity index is 453. The predicted octanol–water partition coefficient (Wildman–Crippen LogP) is 1.13. The highest BCUT2D eigenvalue weighted by Gasteiger charge is 2.20. The second-order valence-corrected chi connectivity index (χ2v) is 5.18. The van der Waals surface area contributed by atoms with Crippen molar-refractivity contribution >= 4 is 17.4 Å². The molecule has 0 aliphatic carbocycles. The molecule has 5 nitrogen and oxygen atoms in total. The van der Waals surface area contributed by atoms with Crippen molar-refractivity contribution in [1.82, 2.24) is 15.1 Å². The van der Waals surface area contributed by atoms with Crippen molar-refractivity contribution in [1.29, 1.82) is 0 Å². The van der Waals surface area contributed by atoms with Gasteiger partial charge in [0.15, 0.2) is 0 Å². The Morgan fingerprint density at radius 3 is 3.00 bits per heavy atom. The molecule has 0 aromatic carbocycles. The van der Waals surface area contributed by atoms with Gasteiger partial charge in [-0.15, -0.1) is 0 Å². The van der Waals surface area contributed by atoms with Gasteiger partial charge >= 0.3 is 0 Å². The molecule has 1 aliphatic heterocycles. The van der Waals surface area contributed by atoms with Gasteiger partial charge in [0.05, 0.1) is 29.1 Å². The van der Waals surface area contributed by atoms with E-state index in [1.807, 2.05) is 14.0 Å². The third-order valence-electron chi connectivity index (χ3n) is 3.33. The number of morpholine rings is 1. The van der Waals surface area contributed by atoms with Gasteiger partial charge in [-0.25, -0.2) is 0 Å². The van der Waals surface area contributed by atoms with Crippen LogP contribution in [0.5, 0.6) is 0 Å². The number of halogens is 1. The van der Waals surface area contributed by atoms with Crippen LogP contribution in [0.25, 0.3) is 0 Å². The molecule has 0 spiro atoms. The summed E-state index contributed by atoms with van der Waals surface area (Å²) in [5.41, 5.74) is 1.65. The van der Waals surface area contributed by atoms with Gasteiger partial charge in [-0.1, -0.05) is 18.5 Å². The summed E-state index contributed by atoms with van der Waals surface area (Å²) >= 11 is 6.24. The third-order valence-corrected chi connectivity index (χ3v) is 3.76. The van der Waals surface area contributed by atoms with Crippen LogP contribution in [0.3, 0.4) is 0 Å². The van der Waals surface area contributed by atoms with E-state index in [4.69, 9.17) is 16.3 Å². The van der Waals surface area contributed by atoms with Crippen molar-refractivity contribution in [2.45, 2.75) is 32.3 Å². The maximum Gasteiger partial charge on any atom is 0.141 e. The molecule has 2 rings (SSSR count). The van der Waals surface area contributed by atoms with E-state index in [0.29, 0.717) is 24.5 Å². The van der Waals surface area contributed by atoms with E-state index < -0.39 is 0 Å². The molecule has 19 heavy (non-hydrogen) atoms. The Balaban J connectivity index is 1.96. The smallest absolute Gasteiger partial charge is 0.141 e. The number of carbonyl (C=O) groups excluding carboxylic acids is 1. The molecule has 1 saturated heterocycles. The van der Waals surface area contributed by atoms with Crippen LogP contribution in [0.2, 0.25) is 5.02 Å². The number of hydrogen-bond acceptors (Lipinski definition) is 4. The first-order valence-corrected chi connectivity index (χ1v) is 7.03. The van der Waals surface area contributed by atoms with Crippen LogP contribution in [-0.4, -0.2) is 41.4 Å². The second-order valence-electron chi connectivity index (χ2n) is 4.80. The normalized spacial score (nSPS) is 19.6. The van der Waals surface area contributed by atoms with Crippen LogP contribution in [-0.2, 0) is 29.4 Å². The summed E-state index contributed by atoms with van der Waals surface area (Å²) in [4.78, 5) is 12.1. The fourth-order valence-corrected chi connectivity index (χ4v) is 2.64. The van der Waals surface area contributed by atoms with E-state index in [1.54, 1.807) is 4.68 Å². The summed E-state index contributed by atoms with van der Waals surface area (Å²) < 4.78 is 7.24.